The molecule has 1 saturated carbocycles. The molecule has 0 spiro atoms. The second kappa shape index (κ2) is 21.7. The van der Waals surface area contributed by atoms with E-state index in [1.807, 2.05) is 36.2 Å². The van der Waals surface area contributed by atoms with E-state index in [9.17, 15) is 10.2 Å². The lowest BCUT2D eigenvalue weighted by atomic mass is 9.56. The number of hydrogen-bond donors (Lipinski definition) is 2. The van der Waals surface area contributed by atoms with Crippen LogP contribution in [0.2, 0.25) is 0 Å². The number of aliphatic hydroxyl groups excluding tert-OH is 2. The number of thioether (sulfide) groups is 2. The van der Waals surface area contributed by atoms with E-state index in [4.69, 9.17) is 28.9 Å². The Balaban J connectivity index is 1.30. The molecule has 3 heterocycles. The Labute approximate surface area is 352 Å². The van der Waals surface area contributed by atoms with Crippen LogP contribution in [0.15, 0.2) is 101 Å². The van der Waals surface area contributed by atoms with Crippen molar-refractivity contribution >= 4 is 29.2 Å². The summed E-state index contributed by atoms with van der Waals surface area (Å²) in [7, 11) is 0. The molecule has 7 unspecified atom stereocenters. The number of allylic oxidation sites excluding steroid dienone is 1. The van der Waals surface area contributed by atoms with Crippen LogP contribution in [-0.2, 0) is 20.7 Å². The molecule has 3 aromatic rings. The summed E-state index contributed by atoms with van der Waals surface area (Å²) < 4.78 is 26.9. The largest absolute Gasteiger partial charge is 0.493 e. The van der Waals surface area contributed by atoms with E-state index in [1.54, 1.807) is 24.2 Å². The molecule has 2 aromatic carbocycles. The van der Waals surface area contributed by atoms with E-state index in [0.29, 0.717) is 26.2 Å². The van der Waals surface area contributed by atoms with Crippen LogP contribution in [0.1, 0.15) is 81.4 Å². The van der Waals surface area contributed by atoms with E-state index in [-0.39, 0.29) is 48.4 Å². The van der Waals surface area contributed by atoms with Crippen LogP contribution < -0.4 is 9.47 Å². The smallest absolute Gasteiger partial charge is 0.230 e. The van der Waals surface area contributed by atoms with Gasteiger partial charge in [-0.15, -0.1) is 18.3 Å². The van der Waals surface area contributed by atoms with Gasteiger partial charge in [0.1, 0.15) is 11.5 Å². The number of benzene rings is 2. The molecule has 0 amide bonds. The lowest BCUT2D eigenvalue weighted by Crippen LogP contribution is -2.64. The number of rotatable bonds is 22. The van der Waals surface area contributed by atoms with Crippen molar-refractivity contribution in [2.45, 2.75) is 98.8 Å². The molecule has 312 valence electrons. The van der Waals surface area contributed by atoms with Crippen molar-refractivity contribution in [2.24, 2.45) is 22.9 Å². The van der Waals surface area contributed by atoms with Crippen molar-refractivity contribution in [1.29, 1.82) is 0 Å². The third-order valence-electron chi connectivity index (χ3n) is 11.7. The van der Waals surface area contributed by atoms with Gasteiger partial charge < -0.3 is 34.0 Å². The minimum absolute atomic E-state index is 0.00634. The van der Waals surface area contributed by atoms with Gasteiger partial charge in [0.15, 0.2) is 0 Å². The summed E-state index contributed by atoms with van der Waals surface area (Å²) in [5, 5.41) is 24.6. The molecule has 12 heteroatoms. The fraction of sp³-hybridized carbons (Fsp3) is 0.543. The highest BCUT2D eigenvalue weighted by atomic mass is 32.2. The lowest BCUT2D eigenvalue weighted by molar-refractivity contribution is -0.223. The molecule has 7 rings (SSSR count). The summed E-state index contributed by atoms with van der Waals surface area (Å²) in [6.45, 7) is 5.95. The average Bonchev–Trinajstić information content (AvgIpc) is 3.26. The van der Waals surface area contributed by atoms with Crippen LogP contribution in [0.3, 0.4) is 0 Å². The number of nitrogens with zero attached hydrogens (tertiary/aromatic N) is 3. The molecule has 2 N–H and O–H groups in total. The molecular formula is C46H59N3O7S2. The molecule has 1 saturated heterocycles. The van der Waals surface area contributed by atoms with E-state index in [1.165, 1.54) is 4.90 Å². The van der Waals surface area contributed by atoms with Gasteiger partial charge in [0.2, 0.25) is 12.1 Å². The summed E-state index contributed by atoms with van der Waals surface area (Å²) in [4.78, 5) is 16.3. The highest BCUT2D eigenvalue weighted by Gasteiger charge is 2.64. The quantitative estimate of drug-likeness (QED) is 0.0437. The maximum atomic E-state index is 9.95. The molecule has 10 nitrogen and oxygen atoms in total. The van der Waals surface area contributed by atoms with Crippen LogP contribution in [-0.4, -0.2) is 87.8 Å². The van der Waals surface area contributed by atoms with E-state index >= 15 is 0 Å². The number of aromatic nitrogens is 2. The van der Waals surface area contributed by atoms with E-state index in [2.05, 4.69) is 59.0 Å². The van der Waals surface area contributed by atoms with Crippen molar-refractivity contribution in [1.82, 2.24) is 9.97 Å². The van der Waals surface area contributed by atoms with Crippen molar-refractivity contribution in [3.63, 3.8) is 0 Å². The fourth-order valence-electron chi connectivity index (χ4n) is 9.08. The van der Waals surface area contributed by atoms with Gasteiger partial charge in [-0.2, -0.15) is 11.8 Å². The first kappa shape index (κ1) is 42.7. The van der Waals surface area contributed by atoms with Gasteiger partial charge >= 0.3 is 0 Å². The first-order chi connectivity index (χ1) is 28.6. The number of fused-ring (bicyclic) bond motifs is 2. The monoisotopic (exact) mass is 829 g/mol. The SMILES string of the molecule is C=CCOC12Oc3ccc(OCCSc4ccccc4)cc3C3C(CCCCO)C(CCCCO)C=C(C(=NOC4CCCCO4)CC1SCCc1cnccn1)C32. The minimum atomic E-state index is -1.04. The third-order valence-corrected chi connectivity index (χ3v) is 14.0. The van der Waals surface area contributed by atoms with Gasteiger partial charge in [0, 0.05) is 73.2 Å². The lowest BCUT2D eigenvalue weighted by Gasteiger charge is -2.58. The summed E-state index contributed by atoms with van der Waals surface area (Å²) in [5.41, 5.74) is 4.08. The van der Waals surface area contributed by atoms with Crippen LogP contribution in [0.25, 0.3) is 0 Å². The zero-order valence-corrected chi connectivity index (χ0v) is 35.1. The Kier molecular flexibility index (Phi) is 16.0. The van der Waals surface area contributed by atoms with Crippen LogP contribution in [0.4, 0.5) is 0 Å². The first-order valence-electron chi connectivity index (χ1n) is 21.2. The predicted molar refractivity (Wildman–Crippen MR) is 230 cm³/mol. The molecule has 2 fully saturated rings. The van der Waals surface area contributed by atoms with Crippen molar-refractivity contribution in [2.75, 3.05) is 44.5 Å². The molecule has 58 heavy (non-hydrogen) atoms. The zero-order valence-electron chi connectivity index (χ0n) is 33.5. The Morgan fingerprint density at radius 2 is 1.86 bits per heavy atom. The minimum Gasteiger partial charge on any atom is -0.493 e. The van der Waals surface area contributed by atoms with Gasteiger partial charge in [-0.05, 0) is 92.0 Å². The summed E-state index contributed by atoms with van der Waals surface area (Å²) in [6.07, 6.45) is 18.5. The topological polar surface area (TPSA) is 125 Å². The molecule has 4 aliphatic rings. The number of unbranched alkanes of at least 4 members (excludes halogenated alkanes) is 2. The molecule has 7 atom stereocenters. The number of hydrogen-bond acceptors (Lipinski definition) is 12. The predicted octanol–water partition coefficient (Wildman–Crippen LogP) is 8.78. The van der Waals surface area contributed by atoms with Crippen LogP contribution in [0, 0.1) is 17.8 Å². The molecule has 2 aliphatic heterocycles. The Hall–Kier alpha value is -3.39. The summed E-state index contributed by atoms with van der Waals surface area (Å²) in [5.74, 6) is 2.39. The maximum Gasteiger partial charge on any atom is 0.230 e. The molecular weight excluding hydrogens is 771 g/mol. The first-order valence-corrected chi connectivity index (χ1v) is 23.2. The second-order valence-electron chi connectivity index (χ2n) is 15.5. The maximum absolute atomic E-state index is 9.95. The number of ether oxygens (including phenoxy) is 4. The normalized spacial score (nSPS) is 26.9. The van der Waals surface area contributed by atoms with E-state index in [0.717, 1.165) is 110 Å². The van der Waals surface area contributed by atoms with Gasteiger partial charge in [-0.1, -0.05) is 48.3 Å². The number of oxime groups is 1. The second-order valence-corrected chi connectivity index (χ2v) is 18.0. The zero-order chi connectivity index (χ0) is 40.0. The van der Waals surface area contributed by atoms with Gasteiger partial charge in [-0.3, -0.25) is 9.97 Å². The number of aliphatic hydroxyl groups is 2. The van der Waals surface area contributed by atoms with Crippen LogP contribution >= 0.6 is 23.5 Å². The average molecular weight is 830 g/mol. The van der Waals surface area contributed by atoms with Crippen molar-refractivity contribution in [3.05, 3.63) is 103 Å². The van der Waals surface area contributed by atoms with Gasteiger partial charge in [0.05, 0.1) is 42.4 Å². The highest BCUT2D eigenvalue weighted by Crippen LogP contribution is 2.62. The van der Waals surface area contributed by atoms with Crippen molar-refractivity contribution in [3.8, 4) is 11.5 Å². The van der Waals surface area contributed by atoms with Gasteiger partial charge in [-0.25, -0.2) is 0 Å². The highest BCUT2D eigenvalue weighted by molar-refractivity contribution is 8.00. The van der Waals surface area contributed by atoms with Crippen LogP contribution in [0.5, 0.6) is 11.5 Å². The Morgan fingerprint density at radius 3 is 2.64 bits per heavy atom. The Bertz CT molecular complexity index is 1790. The van der Waals surface area contributed by atoms with E-state index < -0.39 is 5.79 Å². The fourth-order valence-corrected chi connectivity index (χ4v) is 11.2. The third kappa shape index (κ3) is 10.5. The summed E-state index contributed by atoms with van der Waals surface area (Å²) in [6, 6.07) is 16.7. The molecule has 1 aromatic heterocycles. The Morgan fingerprint density at radius 1 is 1.00 bits per heavy atom. The summed E-state index contributed by atoms with van der Waals surface area (Å²) >= 11 is 3.61. The number of aryl methyl sites for hydroxylation is 1. The molecule has 2 aliphatic carbocycles. The van der Waals surface area contributed by atoms with Gasteiger partial charge in [0.25, 0.3) is 0 Å². The standard InChI is InChI=1S/C46H59N3O7S2/c1-2-24-54-46-42(58-27-19-34-32-47-20-21-48-34)31-40(49-56-43-16-8-11-25-53-43)38-29-33(12-6-9-22-50)37(15-7-10-23-51)44(45(38)46)39-30-35(17-18-41(39)55-46)52-26-28-57-36-13-4-3-5-14-36/h2-5,13-14,17-18,20-21,29-30,32-33,37,42-45,50-51H,1,6-12,15-16,19,22-28,31H2. The molecule has 0 bridgehead atoms. The molecule has 0 radical (unpaired) electrons. The van der Waals surface area contributed by atoms with Crippen molar-refractivity contribution < 1.29 is 34.0 Å².